The number of anilines is 3. The molecular formula is C63H83N. The quantitative estimate of drug-likeness (QED) is 0.0495. The molecule has 0 heterocycles. The molecule has 340 valence electrons. The van der Waals surface area contributed by atoms with E-state index >= 15 is 0 Å². The van der Waals surface area contributed by atoms with Crippen LogP contribution in [0.25, 0.3) is 22.3 Å². The third-order valence-electron chi connectivity index (χ3n) is 14.7. The predicted molar refractivity (Wildman–Crippen MR) is 283 cm³/mol. The lowest BCUT2D eigenvalue weighted by atomic mass is 9.61. The van der Waals surface area contributed by atoms with Gasteiger partial charge in [0.25, 0.3) is 0 Å². The molecule has 1 nitrogen and oxygen atoms in total. The predicted octanol–water partition coefficient (Wildman–Crippen LogP) is 19.7. The third kappa shape index (κ3) is 10.7. The maximum absolute atomic E-state index is 5.14. The van der Waals surface area contributed by atoms with Crippen molar-refractivity contribution in [3.8, 4) is 22.3 Å². The molecule has 0 radical (unpaired) electrons. The second kappa shape index (κ2) is 21.6. The van der Waals surface area contributed by atoms with Gasteiger partial charge in [0, 0.05) is 22.5 Å². The molecule has 3 unspecified atom stereocenters. The standard InChI is InChI=1S/C63H83N/c1-13-17-19-21-23-24-26-47(6)63(51(16-4)27-25-22-20-18-14-2)59-44-50(32-42-57(59)58-43-35-53(45-60(58)63)62(10,11)12)49-30-38-55(39-31-49)64(54-36-28-48(29-37-54)46(5)15-3)56-40-33-52(34-41-56)61(7,8)9/h16,28-46,51H,4,6,13-15,17-27H2,1-3,5,7-12H3. The van der Waals surface area contributed by atoms with Crippen LogP contribution in [0.1, 0.15) is 193 Å². The summed E-state index contributed by atoms with van der Waals surface area (Å²) in [5.41, 5.74) is 16.9. The van der Waals surface area contributed by atoms with Gasteiger partial charge in [0.2, 0.25) is 0 Å². The van der Waals surface area contributed by atoms with E-state index in [4.69, 9.17) is 6.58 Å². The number of allylic oxidation sites excluding steroid dienone is 2. The van der Waals surface area contributed by atoms with E-state index in [1.807, 2.05) is 0 Å². The van der Waals surface area contributed by atoms with Crippen molar-refractivity contribution in [1.82, 2.24) is 0 Å². The Labute approximate surface area is 391 Å². The number of rotatable bonds is 22. The normalized spacial score (nSPS) is 15.7. The summed E-state index contributed by atoms with van der Waals surface area (Å²) in [6.45, 7) is 32.9. The summed E-state index contributed by atoms with van der Waals surface area (Å²) in [4.78, 5) is 2.41. The van der Waals surface area contributed by atoms with Gasteiger partial charge in [-0.1, -0.05) is 218 Å². The molecule has 1 heteroatoms. The van der Waals surface area contributed by atoms with Gasteiger partial charge in [-0.2, -0.15) is 0 Å². The first kappa shape index (κ1) is 48.8. The Morgan fingerprint density at radius 1 is 0.562 bits per heavy atom. The average Bonchev–Trinajstić information content (AvgIpc) is 3.58. The molecule has 0 aromatic heterocycles. The molecule has 3 atom stereocenters. The summed E-state index contributed by atoms with van der Waals surface area (Å²) < 4.78 is 0. The van der Waals surface area contributed by atoms with Crippen molar-refractivity contribution in [1.29, 1.82) is 0 Å². The van der Waals surface area contributed by atoms with Gasteiger partial charge in [0.1, 0.15) is 0 Å². The van der Waals surface area contributed by atoms with Gasteiger partial charge in [-0.3, -0.25) is 0 Å². The lowest BCUT2D eigenvalue weighted by Crippen LogP contribution is -2.36. The van der Waals surface area contributed by atoms with Gasteiger partial charge in [0.15, 0.2) is 0 Å². The maximum atomic E-state index is 5.14. The minimum atomic E-state index is -0.338. The summed E-state index contributed by atoms with van der Waals surface area (Å²) in [6.07, 6.45) is 19.6. The Kier molecular flexibility index (Phi) is 16.5. The first-order chi connectivity index (χ1) is 30.7. The SMILES string of the molecule is C=CC(CCCCCCC)C1(C(=C)CCCCCCCC)c2cc(-c3ccc(N(c4ccc(C(C)CC)cc4)c4ccc(C(C)(C)C)cc4)cc3)ccc2-c2ccc(C(C)(C)C)cc21. The maximum Gasteiger partial charge on any atom is 0.0483 e. The molecule has 0 aliphatic heterocycles. The van der Waals surface area contributed by atoms with E-state index < -0.39 is 0 Å². The second-order valence-corrected chi connectivity index (χ2v) is 21.3. The molecular weight excluding hydrogens is 771 g/mol. The molecule has 0 fully saturated rings. The Morgan fingerprint density at radius 3 is 1.58 bits per heavy atom. The first-order valence-corrected chi connectivity index (χ1v) is 25.4. The van der Waals surface area contributed by atoms with E-state index in [-0.39, 0.29) is 22.2 Å². The van der Waals surface area contributed by atoms with E-state index in [1.165, 1.54) is 138 Å². The monoisotopic (exact) mass is 854 g/mol. The highest BCUT2D eigenvalue weighted by Crippen LogP contribution is 2.59. The van der Waals surface area contributed by atoms with Gasteiger partial charge >= 0.3 is 0 Å². The topological polar surface area (TPSA) is 3.24 Å². The highest BCUT2D eigenvalue weighted by Gasteiger charge is 2.49. The van der Waals surface area contributed by atoms with Crippen LogP contribution in [0.3, 0.4) is 0 Å². The van der Waals surface area contributed by atoms with Crippen LogP contribution in [0.2, 0.25) is 0 Å². The summed E-state index contributed by atoms with van der Waals surface area (Å²) in [6, 6.07) is 42.5. The van der Waals surface area contributed by atoms with E-state index in [2.05, 4.69) is 196 Å². The molecule has 0 spiro atoms. The molecule has 6 rings (SSSR count). The van der Waals surface area contributed by atoms with Crippen LogP contribution in [0, 0.1) is 5.92 Å². The summed E-state index contributed by atoms with van der Waals surface area (Å²) in [5.74, 6) is 0.784. The molecule has 5 aromatic rings. The lowest BCUT2D eigenvalue weighted by molar-refractivity contribution is 0.390. The van der Waals surface area contributed by atoms with Gasteiger partial charge in [0.05, 0.1) is 0 Å². The van der Waals surface area contributed by atoms with Crippen LogP contribution in [0.4, 0.5) is 17.1 Å². The molecule has 0 saturated heterocycles. The van der Waals surface area contributed by atoms with Crippen molar-refractivity contribution in [2.24, 2.45) is 5.92 Å². The smallest absolute Gasteiger partial charge is 0.0483 e. The van der Waals surface area contributed by atoms with E-state index in [0.29, 0.717) is 5.92 Å². The van der Waals surface area contributed by atoms with Gasteiger partial charge < -0.3 is 4.90 Å². The minimum Gasteiger partial charge on any atom is -0.311 e. The van der Waals surface area contributed by atoms with Crippen LogP contribution >= 0.6 is 0 Å². The second-order valence-electron chi connectivity index (χ2n) is 21.3. The number of benzene rings is 5. The van der Waals surface area contributed by atoms with Gasteiger partial charge in [-0.25, -0.2) is 0 Å². The van der Waals surface area contributed by atoms with Crippen molar-refractivity contribution >= 4 is 17.1 Å². The zero-order chi connectivity index (χ0) is 46.1. The Morgan fingerprint density at radius 2 is 1.03 bits per heavy atom. The number of fused-ring (bicyclic) bond motifs is 3. The van der Waals surface area contributed by atoms with Crippen LogP contribution in [0.15, 0.2) is 134 Å². The molecule has 5 aromatic carbocycles. The largest absolute Gasteiger partial charge is 0.311 e. The summed E-state index contributed by atoms with van der Waals surface area (Å²) >= 11 is 0. The fourth-order valence-electron chi connectivity index (χ4n) is 10.4. The number of unbranched alkanes of at least 4 members (excludes halogenated alkanes) is 9. The zero-order valence-electron chi connectivity index (χ0n) is 41.9. The minimum absolute atomic E-state index is 0.0331. The van der Waals surface area contributed by atoms with Crippen molar-refractivity contribution in [2.75, 3.05) is 4.90 Å². The highest BCUT2D eigenvalue weighted by atomic mass is 15.1. The van der Waals surface area contributed by atoms with Crippen LogP contribution < -0.4 is 4.90 Å². The number of hydrogen-bond donors (Lipinski definition) is 0. The molecule has 1 aliphatic rings. The van der Waals surface area contributed by atoms with Crippen molar-refractivity contribution in [3.05, 3.63) is 162 Å². The van der Waals surface area contributed by atoms with Crippen molar-refractivity contribution < 1.29 is 0 Å². The molecule has 0 N–H and O–H groups in total. The fourth-order valence-corrected chi connectivity index (χ4v) is 10.4. The van der Waals surface area contributed by atoms with E-state index in [9.17, 15) is 0 Å². The Bertz CT molecular complexity index is 2270. The van der Waals surface area contributed by atoms with Crippen LogP contribution in [-0.2, 0) is 16.2 Å². The lowest BCUT2D eigenvalue weighted by Gasteiger charge is -2.41. The van der Waals surface area contributed by atoms with E-state index in [1.54, 1.807) is 0 Å². The van der Waals surface area contributed by atoms with Crippen molar-refractivity contribution in [2.45, 2.75) is 181 Å². The van der Waals surface area contributed by atoms with Crippen molar-refractivity contribution in [3.63, 3.8) is 0 Å². The summed E-state index contributed by atoms with van der Waals surface area (Å²) in [5, 5.41) is 0. The molecule has 0 amide bonds. The van der Waals surface area contributed by atoms with Gasteiger partial charge in [-0.15, -0.1) is 6.58 Å². The third-order valence-corrected chi connectivity index (χ3v) is 14.7. The summed E-state index contributed by atoms with van der Waals surface area (Å²) in [7, 11) is 0. The number of nitrogens with zero attached hydrogens (tertiary/aromatic N) is 1. The van der Waals surface area contributed by atoms with Gasteiger partial charge in [-0.05, 0) is 141 Å². The van der Waals surface area contributed by atoms with Crippen LogP contribution in [0.5, 0.6) is 0 Å². The fraction of sp³-hybridized carbons (Fsp3) is 0.460. The van der Waals surface area contributed by atoms with Crippen LogP contribution in [-0.4, -0.2) is 0 Å². The molecule has 64 heavy (non-hydrogen) atoms. The molecule has 0 saturated carbocycles. The first-order valence-electron chi connectivity index (χ1n) is 25.4. The zero-order valence-corrected chi connectivity index (χ0v) is 41.9. The number of hydrogen-bond acceptors (Lipinski definition) is 1. The average molecular weight is 854 g/mol. The Balaban J connectivity index is 1.45. The van der Waals surface area contributed by atoms with E-state index in [0.717, 1.165) is 24.9 Å². The molecule has 1 aliphatic carbocycles. The Hall–Kier alpha value is -4.62. The highest BCUT2D eigenvalue weighted by molar-refractivity contribution is 5.87. The molecule has 0 bridgehead atoms.